The molecule has 7 heteroatoms. The van der Waals surface area contributed by atoms with Crippen molar-refractivity contribution in [1.82, 2.24) is 19.7 Å². The standard InChI is InChI=1S/C25H30N7/c1-5-6-16-29-19(3)27-31-23(22-14-12-18(2)13-15-22)32-25(26-24(29)31)30(20(4)28-32)17-21-10-8-7-9-11-21/h7-15,23H,5-6,16-17H2,1-4H3/q+1. The third-order valence-corrected chi connectivity index (χ3v) is 6.14. The summed E-state index contributed by atoms with van der Waals surface area (Å²) in [5.41, 5.74) is 3.61. The van der Waals surface area contributed by atoms with E-state index < -0.39 is 0 Å². The molecule has 1 atom stereocenters. The molecule has 0 amide bonds. The minimum Gasteiger partial charge on any atom is -0.287 e. The van der Waals surface area contributed by atoms with Gasteiger partial charge < -0.3 is 0 Å². The summed E-state index contributed by atoms with van der Waals surface area (Å²) in [6.45, 7) is 10.1. The van der Waals surface area contributed by atoms with Crippen molar-refractivity contribution in [1.29, 1.82) is 0 Å². The number of guanidine groups is 1. The fourth-order valence-electron chi connectivity index (χ4n) is 4.34. The summed E-state index contributed by atoms with van der Waals surface area (Å²) >= 11 is 0. The molecule has 0 saturated carbocycles. The van der Waals surface area contributed by atoms with Gasteiger partial charge in [0.1, 0.15) is 5.84 Å². The highest BCUT2D eigenvalue weighted by Crippen LogP contribution is 2.35. The summed E-state index contributed by atoms with van der Waals surface area (Å²) in [6, 6.07) is 19.1. The first-order chi connectivity index (χ1) is 15.6. The van der Waals surface area contributed by atoms with E-state index in [4.69, 9.17) is 15.2 Å². The Hall–Kier alpha value is -3.48. The van der Waals surface area contributed by atoms with Crippen molar-refractivity contribution in [3.8, 4) is 0 Å². The number of amidine groups is 1. The highest BCUT2D eigenvalue weighted by Gasteiger charge is 2.46. The number of aryl methyl sites for hydroxylation is 2. The van der Waals surface area contributed by atoms with Gasteiger partial charge in [-0.1, -0.05) is 83.2 Å². The maximum atomic E-state index is 5.12. The van der Waals surface area contributed by atoms with E-state index in [1.165, 1.54) is 11.1 Å². The van der Waals surface area contributed by atoms with Crippen molar-refractivity contribution in [2.45, 2.75) is 53.2 Å². The van der Waals surface area contributed by atoms with Crippen LogP contribution >= 0.6 is 0 Å². The average Bonchev–Trinajstić information content (AvgIpc) is 3.27. The van der Waals surface area contributed by atoms with Crippen LogP contribution in [0.15, 0.2) is 64.7 Å². The van der Waals surface area contributed by atoms with E-state index in [0.29, 0.717) is 0 Å². The Morgan fingerprint density at radius 1 is 0.969 bits per heavy atom. The highest BCUT2D eigenvalue weighted by molar-refractivity contribution is 6.03. The first-order valence-corrected chi connectivity index (χ1v) is 11.4. The lowest BCUT2D eigenvalue weighted by Gasteiger charge is -2.28. The van der Waals surface area contributed by atoms with Gasteiger partial charge >= 0.3 is 5.95 Å². The van der Waals surface area contributed by atoms with Gasteiger partial charge in [-0.05, 0) is 30.9 Å². The quantitative estimate of drug-likeness (QED) is 0.555. The summed E-state index contributed by atoms with van der Waals surface area (Å²) in [5.74, 6) is 3.66. The lowest BCUT2D eigenvalue weighted by Crippen LogP contribution is -2.45. The van der Waals surface area contributed by atoms with Crippen LogP contribution in [0.5, 0.6) is 0 Å². The predicted octanol–water partition coefficient (Wildman–Crippen LogP) is 4.13. The zero-order valence-electron chi connectivity index (χ0n) is 19.2. The number of benzene rings is 2. The van der Waals surface area contributed by atoms with Crippen molar-refractivity contribution < 1.29 is 4.57 Å². The maximum absolute atomic E-state index is 5.12. The molecule has 2 aromatic carbocycles. The smallest absolute Gasteiger partial charge is 0.287 e. The minimum absolute atomic E-state index is 0.171. The highest BCUT2D eigenvalue weighted by atomic mass is 15.7. The van der Waals surface area contributed by atoms with Crippen LogP contribution in [-0.2, 0) is 6.54 Å². The summed E-state index contributed by atoms with van der Waals surface area (Å²) < 4.78 is 4.22. The molecule has 2 aliphatic heterocycles. The molecule has 3 heterocycles. The Bertz CT molecular complexity index is 1180. The minimum atomic E-state index is -0.171. The molecular weight excluding hydrogens is 398 g/mol. The topological polar surface area (TPSA) is 52.9 Å². The molecule has 1 aromatic heterocycles. The van der Waals surface area contributed by atoms with Gasteiger partial charge in [-0.2, -0.15) is 10.1 Å². The van der Waals surface area contributed by atoms with Crippen molar-refractivity contribution in [3.05, 3.63) is 77.1 Å². The van der Waals surface area contributed by atoms with Gasteiger partial charge in [0.2, 0.25) is 12.0 Å². The van der Waals surface area contributed by atoms with E-state index in [9.17, 15) is 0 Å². The van der Waals surface area contributed by atoms with E-state index in [-0.39, 0.29) is 6.17 Å². The normalized spacial score (nSPS) is 17.2. The van der Waals surface area contributed by atoms with Crippen molar-refractivity contribution in [2.24, 2.45) is 10.1 Å². The number of rotatable bonds is 6. The first kappa shape index (κ1) is 20.4. The van der Waals surface area contributed by atoms with Crippen molar-refractivity contribution in [2.75, 3.05) is 6.54 Å². The molecule has 3 aromatic rings. The van der Waals surface area contributed by atoms with Gasteiger partial charge in [0.05, 0.1) is 6.54 Å². The lowest BCUT2D eigenvalue weighted by molar-refractivity contribution is -0.682. The van der Waals surface area contributed by atoms with Gasteiger partial charge in [-0.3, -0.25) is 4.90 Å². The lowest BCUT2D eigenvalue weighted by atomic mass is 10.1. The van der Waals surface area contributed by atoms with Crippen molar-refractivity contribution in [3.63, 3.8) is 0 Å². The molecule has 0 N–H and O–H groups in total. The Kier molecular flexibility index (Phi) is 5.25. The van der Waals surface area contributed by atoms with Gasteiger partial charge in [-0.25, -0.2) is 4.57 Å². The second-order valence-electron chi connectivity index (χ2n) is 8.56. The Balaban J connectivity index is 1.65. The predicted molar refractivity (Wildman–Crippen MR) is 126 cm³/mol. The maximum Gasteiger partial charge on any atom is 0.388 e. The first-order valence-electron chi connectivity index (χ1n) is 11.4. The third kappa shape index (κ3) is 3.47. The van der Waals surface area contributed by atoms with Crippen LogP contribution in [-0.4, -0.2) is 38.0 Å². The van der Waals surface area contributed by atoms with E-state index in [0.717, 1.165) is 55.1 Å². The monoisotopic (exact) mass is 428 g/mol. The molecule has 2 aliphatic rings. The average molecular weight is 429 g/mol. The second kappa shape index (κ2) is 8.22. The number of fused-ring (bicyclic) bond motifs is 2. The van der Waals surface area contributed by atoms with Crippen LogP contribution in [0, 0.1) is 13.8 Å². The molecule has 0 spiro atoms. The molecule has 0 aliphatic carbocycles. The second-order valence-corrected chi connectivity index (χ2v) is 8.56. The summed E-state index contributed by atoms with van der Waals surface area (Å²) in [4.78, 5) is 7.36. The Labute approximate surface area is 189 Å². The molecule has 1 unspecified atom stereocenters. The molecule has 32 heavy (non-hydrogen) atoms. The van der Waals surface area contributed by atoms with Gasteiger partial charge in [-0.15, -0.1) is 0 Å². The molecular formula is C25H30N7+. The summed E-state index contributed by atoms with van der Waals surface area (Å²) in [5, 5.41) is 11.9. The third-order valence-electron chi connectivity index (χ3n) is 6.14. The summed E-state index contributed by atoms with van der Waals surface area (Å²) in [7, 11) is 0. The van der Waals surface area contributed by atoms with Gasteiger partial charge in [0.15, 0.2) is 0 Å². The Morgan fingerprint density at radius 2 is 1.72 bits per heavy atom. The fourth-order valence-corrected chi connectivity index (χ4v) is 4.34. The number of hydrogen-bond acceptors (Lipinski definition) is 5. The molecule has 0 radical (unpaired) electrons. The number of hydrogen-bond donors (Lipinski definition) is 0. The van der Waals surface area contributed by atoms with Crippen LogP contribution in [0.2, 0.25) is 0 Å². The van der Waals surface area contributed by atoms with Crippen LogP contribution in [0.3, 0.4) is 0 Å². The van der Waals surface area contributed by atoms with E-state index in [2.05, 4.69) is 85.7 Å². The molecule has 5 rings (SSSR count). The van der Waals surface area contributed by atoms with Gasteiger partial charge in [0, 0.05) is 19.0 Å². The zero-order valence-corrected chi connectivity index (χ0v) is 19.2. The number of hydrazone groups is 1. The SMILES string of the molecule is CCCCN1C(C)=NN2C1=Nc1n(nc(C)[n+]1Cc1ccccc1)C2c1ccc(C)cc1. The van der Waals surface area contributed by atoms with E-state index >= 15 is 0 Å². The number of aromatic nitrogens is 3. The van der Waals surface area contributed by atoms with Gasteiger partial charge in [0.25, 0.3) is 5.96 Å². The number of unbranched alkanes of at least 4 members (excludes halogenated alkanes) is 1. The molecule has 0 saturated heterocycles. The van der Waals surface area contributed by atoms with Crippen LogP contribution in [0.1, 0.15) is 55.4 Å². The van der Waals surface area contributed by atoms with Crippen LogP contribution in [0.25, 0.3) is 0 Å². The largest absolute Gasteiger partial charge is 0.388 e. The van der Waals surface area contributed by atoms with E-state index in [1.54, 1.807) is 0 Å². The summed E-state index contributed by atoms with van der Waals surface area (Å²) in [6.07, 6.45) is 2.05. The number of nitrogens with zero attached hydrogens (tertiary/aromatic N) is 7. The van der Waals surface area contributed by atoms with E-state index in [1.807, 2.05) is 15.8 Å². The van der Waals surface area contributed by atoms with Crippen LogP contribution < -0.4 is 4.57 Å². The number of aliphatic imine (C=N–C) groups is 1. The van der Waals surface area contributed by atoms with Crippen molar-refractivity contribution >= 4 is 17.7 Å². The molecule has 0 bridgehead atoms. The molecule has 0 fully saturated rings. The Morgan fingerprint density at radius 3 is 2.44 bits per heavy atom. The van der Waals surface area contributed by atoms with Crippen LogP contribution in [0.4, 0.5) is 5.95 Å². The zero-order chi connectivity index (χ0) is 22.2. The molecule has 7 nitrogen and oxygen atoms in total. The molecule has 164 valence electrons. The fraction of sp³-hybridized carbons (Fsp3) is 0.360.